The van der Waals surface area contributed by atoms with Crippen molar-refractivity contribution in [3.8, 4) is 0 Å². The fraction of sp³-hybridized carbons (Fsp3) is 0.756. The van der Waals surface area contributed by atoms with Gasteiger partial charge in [0, 0.05) is 56.2 Å². The average molecular weight is 724 g/mol. The second kappa shape index (κ2) is 12.5. The van der Waals surface area contributed by atoms with Crippen molar-refractivity contribution in [1.29, 1.82) is 0 Å². The van der Waals surface area contributed by atoms with Crippen molar-refractivity contribution in [2.75, 3.05) is 32.7 Å². The molecule has 8 heterocycles. The molecule has 53 heavy (non-hydrogen) atoms. The zero-order chi connectivity index (χ0) is 36.4. The Morgan fingerprint density at radius 3 is 2.47 bits per heavy atom. The van der Waals surface area contributed by atoms with Gasteiger partial charge in [0.1, 0.15) is 5.41 Å². The molecule has 13 rings (SSSR count). The van der Waals surface area contributed by atoms with Crippen LogP contribution in [-0.4, -0.2) is 78.4 Å². The molecule has 10 bridgehead atoms. The molecule has 1 aromatic rings. The maximum atomic E-state index is 15.4. The number of aryl methyl sites for hydroxylation is 1. The van der Waals surface area contributed by atoms with E-state index in [-0.39, 0.29) is 29.7 Å². The van der Waals surface area contributed by atoms with Gasteiger partial charge in [0.15, 0.2) is 17.5 Å². The molecule has 2 spiro atoms. The van der Waals surface area contributed by atoms with E-state index in [1.54, 1.807) is 0 Å². The van der Waals surface area contributed by atoms with E-state index in [1.807, 2.05) is 6.07 Å². The molecule has 12 unspecified atom stereocenters. The van der Waals surface area contributed by atoms with Crippen LogP contribution in [-0.2, 0) is 31.1 Å². The molecule has 8 aliphatic heterocycles. The second-order valence-electron chi connectivity index (χ2n) is 19.1. The summed E-state index contributed by atoms with van der Waals surface area (Å²) in [6.07, 6.45) is 11.8. The zero-order valence-corrected chi connectivity index (χ0v) is 32.4. The number of carbonyl (C=O) groups excluding carboxylic acids is 3. The number of nitrogens with two attached hydrogens (primary N) is 1. The maximum Gasteiger partial charge on any atom is 0.339 e. The Morgan fingerprint density at radius 1 is 0.943 bits per heavy atom. The number of rotatable bonds is 7. The standard InChI is InChI=1S/C45H61N3O5/c1-4-8-30-21-36(49)40-43-18-17-32-33(15-14-31-26(3)13-16-35(39(31)32)48-24-27-20-28(25-48)23-47(30)22-27)44(43,42(51)52-40)37(9-5-2)45(43)34-12-6-10-29(11-7-19-46)38(34)41(50)53-45/h6,10,12,26-28,30-31,35,37,39-40H,4-5,7-9,11,13-25,46H2,1-3H3. The molecule has 2 saturated carbocycles. The molecule has 286 valence electrons. The summed E-state index contributed by atoms with van der Waals surface area (Å²) in [5.74, 6) is 2.26. The zero-order valence-electron chi connectivity index (χ0n) is 32.4. The largest absolute Gasteiger partial charge is 0.453 e. The third-order valence-electron chi connectivity index (χ3n) is 16.9. The smallest absolute Gasteiger partial charge is 0.339 e. The average Bonchev–Trinajstić information content (AvgIpc) is 3.61. The highest BCUT2D eigenvalue weighted by atomic mass is 16.6. The van der Waals surface area contributed by atoms with Crippen LogP contribution in [0.5, 0.6) is 0 Å². The summed E-state index contributed by atoms with van der Waals surface area (Å²) in [4.78, 5) is 50.8. The van der Waals surface area contributed by atoms with Crippen molar-refractivity contribution in [2.45, 2.75) is 134 Å². The molecule has 12 atom stereocenters. The first-order chi connectivity index (χ1) is 25.7. The number of ether oxygens (including phenoxy) is 2. The topological polar surface area (TPSA) is 102 Å². The molecule has 0 amide bonds. The molecule has 12 aliphatic rings. The van der Waals surface area contributed by atoms with Crippen molar-refractivity contribution in [3.63, 3.8) is 0 Å². The van der Waals surface area contributed by atoms with E-state index < -0.39 is 22.5 Å². The molecule has 7 fully saturated rings. The summed E-state index contributed by atoms with van der Waals surface area (Å²) < 4.78 is 13.7. The lowest BCUT2D eigenvalue weighted by molar-refractivity contribution is -0.298. The van der Waals surface area contributed by atoms with Gasteiger partial charge in [-0.2, -0.15) is 0 Å². The predicted octanol–water partition coefficient (Wildman–Crippen LogP) is 6.58. The number of hydrogen-bond acceptors (Lipinski definition) is 8. The van der Waals surface area contributed by atoms with Gasteiger partial charge in [-0.1, -0.05) is 63.0 Å². The Morgan fingerprint density at radius 2 is 1.72 bits per heavy atom. The van der Waals surface area contributed by atoms with Crippen molar-refractivity contribution < 1.29 is 23.9 Å². The van der Waals surface area contributed by atoms with Gasteiger partial charge in [-0.15, -0.1) is 0 Å². The van der Waals surface area contributed by atoms with Gasteiger partial charge >= 0.3 is 11.9 Å². The predicted molar refractivity (Wildman–Crippen MR) is 202 cm³/mol. The summed E-state index contributed by atoms with van der Waals surface area (Å²) in [7, 11) is 0. The first-order valence-electron chi connectivity index (χ1n) is 21.7. The van der Waals surface area contributed by atoms with Crippen molar-refractivity contribution in [3.05, 3.63) is 46.0 Å². The number of fused-ring (bicyclic) bond motifs is 2. The third kappa shape index (κ3) is 4.32. The number of esters is 2. The number of benzene rings is 1. The van der Waals surface area contributed by atoms with E-state index in [0.717, 1.165) is 88.7 Å². The lowest BCUT2D eigenvalue weighted by Gasteiger charge is -2.72. The van der Waals surface area contributed by atoms with Crippen LogP contribution in [0.3, 0.4) is 0 Å². The summed E-state index contributed by atoms with van der Waals surface area (Å²) in [5.41, 5.74) is 8.36. The van der Waals surface area contributed by atoms with E-state index in [0.29, 0.717) is 67.0 Å². The summed E-state index contributed by atoms with van der Waals surface area (Å²) >= 11 is 0. The fourth-order valence-corrected chi connectivity index (χ4v) is 15.4. The Labute approximate surface area is 315 Å². The van der Waals surface area contributed by atoms with Crippen molar-refractivity contribution >= 4 is 17.7 Å². The summed E-state index contributed by atoms with van der Waals surface area (Å²) in [5, 5.41) is 0. The first-order valence-corrected chi connectivity index (χ1v) is 21.7. The Kier molecular flexibility index (Phi) is 8.22. The van der Waals surface area contributed by atoms with Crippen LogP contribution in [0.1, 0.15) is 126 Å². The molecule has 0 radical (unpaired) electrons. The summed E-state index contributed by atoms with van der Waals surface area (Å²) in [6, 6.07) is 6.83. The minimum atomic E-state index is -1.08. The van der Waals surface area contributed by atoms with Gasteiger partial charge in [-0.25, -0.2) is 4.79 Å². The van der Waals surface area contributed by atoms with Crippen LogP contribution in [0.25, 0.3) is 0 Å². The number of piperidine rings is 2. The van der Waals surface area contributed by atoms with Crippen LogP contribution in [0.2, 0.25) is 0 Å². The van der Waals surface area contributed by atoms with Gasteiger partial charge < -0.3 is 15.2 Å². The monoisotopic (exact) mass is 723 g/mol. The molecular weight excluding hydrogens is 663 g/mol. The molecule has 8 heteroatoms. The molecular formula is C45H61N3O5. The Balaban J connectivity index is 1.22. The van der Waals surface area contributed by atoms with Crippen LogP contribution < -0.4 is 5.73 Å². The number of Topliss-reactive ketones (excluding diaryl/α,β-unsaturated/α-hetero) is 1. The number of nitrogens with zero attached hydrogens (tertiary/aromatic N) is 2. The Bertz CT molecular complexity index is 1740. The van der Waals surface area contributed by atoms with E-state index in [4.69, 9.17) is 15.2 Å². The SMILES string of the molecule is CCCC1CC(=O)C2OC(=O)C34C5=C(CCC23C2(OC(=O)c3c(CCCN)cccc32)C4CCC)C2C(CC5)C(C)CCC2N2CC3CC(CN1C3)C2. The van der Waals surface area contributed by atoms with Crippen molar-refractivity contribution in [2.24, 2.45) is 52.1 Å². The molecule has 5 saturated heterocycles. The molecule has 4 aliphatic carbocycles. The van der Waals surface area contributed by atoms with E-state index in [2.05, 4.69) is 42.7 Å². The minimum absolute atomic E-state index is 0.0471. The van der Waals surface area contributed by atoms with Gasteiger partial charge in [-0.3, -0.25) is 19.4 Å². The fourth-order valence-electron chi connectivity index (χ4n) is 15.4. The highest BCUT2D eigenvalue weighted by Crippen LogP contribution is 2.86. The highest BCUT2D eigenvalue weighted by Gasteiger charge is 2.94. The molecule has 1 aromatic carbocycles. The highest BCUT2D eigenvalue weighted by molar-refractivity contribution is 6.02. The molecule has 0 aromatic heterocycles. The third-order valence-corrected chi connectivity index (χ3v) is 16.9. The quantitative estimate of drug-likeness (QED) is 0.249. The van der Waals surface area contributed by atoms with E-state index in [1.165, 1.54) is 30.4 Å². The number of ketones is 1. The maximum absolute atomic E-state index is 15.4. The second-order valence-corrected chi connectivity index (χ2v) is 19.1. The van der Waals surface area contributed by atoms with Crippen LogP contribution in [0.15, 0.2) is 29.3 Å². The van der Waals surface area contributed by atoms with Crippen LogP contribution in [0, 0.1) is 46.3 Å². The summed E-state index contributed by atoms with van der Waals surface area (Å²) in [6.45, 7) is 11.9. The lowest BCUT2D eigenvalue weighted by atomic mass is 9.27. The van der Waals surface area contributed by atoms with E-state index in [9.17, 15) is 4.79 Å². The Hall–Kier alpha value is -2.55. The molecule has 2 N–H and O–H groups in total. The first kappa shape index (κ1) is 34.9. The minimum Gasteiger partial charge on any atom is -0.453 e. The van der Waals surface area contributed by atoms with E-state index >= 15 is 9.59 Å². The van der Waals surface area contributed by atoms with Crippen LogP contribution >= 0.6 is 0 Å². The van der Waals surface area contributed by atoms with Gasteiger partial charge in [0.05, 0.1) is 11.0 Å². The van der Waals surface area contributed by atoms with Crippen LogP contribution in [0.4, 0.5) is 0 Å². The van der Waals surface area contributed by atoms with Gasteiger partial charge in [0.25, 0.3) is 0 Å². The number of hydrogen-bond donors (Lipinski definition) is 1. The van der Waals surface area contributed by atoms with Crippen molar-refractivity contribution in [1.82, 2.24) is 9.80 Å². The lowest BCUT2D eigenvalue weighted by Crippen LogP contribution is -2.79. The number of carbonyl (C=O) groups is 3. The van der Waals surface area contributed by atoms with Gasteiger partial charge in [-0.05, 0) is 112 Å². The van der Waals surface area contributed by atoms with Gasteiger partial charge in [0.2, 0.25) is 0 Å². The molecule has 8 nitrogen and oxygen atoms in total. The normalized spacial score (nSPS) is 46.1.